The number of alkyl carbamates (subject to hydrolysis) is 1. The first-order chi connectivity index (χ1) is 18.2. The van der Waals surface area contributed by atoms with Crippen LogP contribution in [0.2, 0.25) is 0 Å². The molecule has 0 fully saturated rings. The lowest BCUT2D eigenvalue weighted by atomic mass is 9.95. The van der Waals surface area contributed by atoms with E-state index < -0.39 is 23.7 Å². The zero-order valence-electron chi connectivity index (χ0n) is 22.2. The predicted octanol–water partition coefficient (Wildman–Crippen LogP) is 7.21. The number of nitrogens with one attached hydrogen (secondary N) is 1. The Hall–Kier alpha value is -4.32. The standard InChI is InChI=1S/C32H33NO5/c1-32(2,3)38-31(35)33-28(20-30(34)36-4)24-16-14-23(15-17-24)25-18-19-29(27-13-9-8-12-26(25)27)37-21-22-10-6-5-7-11-22/h5-19,28H,20-21H2,1-4H3,(H,33,35). The molecule has 0 aliphatic heterocycles. The molecule has 0 bridgehead atoms. The fraction of sp³-hybridized carbons (Fsp3) is 0.250. The summed E-state index contributed by atoms with van der Waals surface area (Å²) in [6.07, 6.45) is -0.599. The van der Waals surface area contributed by atoms with Gasteiger partial charge in [-0.1, -0.05) is 84.9 Å². The average molecular weight is 512 g/mol. The van der Waals surface area contributed by atoms with E-state index in [2.05, 4.69) is 23.5 Å². The van der Waals surface area contributed by atoms with Crippen LogP contribution in [0.15, 0.2) is 91.0 Å². The van der Waals surface area contributed by atoms with Crippen LogP contribution in [-0.4, -0.2) is 24.8 Å². The van der Waals surface area contributed by atoms with Crippen LogP contribution in [0.3, 0.4) is 0 Å². The number of amides is 1. The van der Waals surface area contributed by atoms with E-state index in [0.29, 0.717) is 6.61 Å². The summed E-state index contributed by atoms with van der Waals surface area (Å²) in [5.74, 6) is 0.400. The smallest absolute Gasteiger partial charge is 0.408 e. The van der Waals surface area contributed by atoms with E-state index in [1.54, 1.807) is 20.8 Å². The highest BCUT2D eigenvalue weighted by atomic mass is 16.6. The van der Waals surface area contributed by atoms with Gasteiger partial charge in [-0.2, -0.15) is 0 Å². The van der Waals surface area contributed by atoms with Gasteiger partial charge in [-0.05, 0) is 54.5 Å². The normalized spacial score (nSPS) is 12.0. The fourth-order valence-electron chi connectivity index (χ4n) is 4.23. The van der Waals surface area contributed by atoms with Crippen LogP contribution < -0.4 is 10.1 Å². The van der Waals surface area contributed by atoms with E-state index in [9.17, 15) is 9.59 Å². The Balaban J connectivity index is 1.59. The van der Waals surface area contributed by atoms with Gasteiger partial charge in [0.15, 0.2) is 0 Å². The van der Waals surface area contributed by atoms with Crippen molar-refractivity contribution in [1.29, 1.82) is 0 Å². The molecule has 4 aromatic rings. The molecule has 0 aliphatic carbocycles. The molecule has 0 radical (unpaired) electrons. The van der Waals surface area contributed by atoms with Gasteiger partial charge < -0.3 is 19.5 Å². The largest absolute Gasteiger partial charge is 0.488 e. The van der Waals surface area contributed by atoms with Crippen molar-refractivity contribution in [1.82, 2.24) is 5.32 Å². The van der Waals surface area contributed by atoms with Crippen LogP contribution in [0.4, 0.5) is 4.79 Å². The Morgan fingerprint density at radius 3 is 2.13 bits per heavy atom. The SMILES string of the molecule is COC(=O)CC(NC(=O)OC(C)(C)C)c1ccc(-c2ccc(OCc3ccccc3)c3ccccc23)cc1. The Bertz CT molecular complexity index is 1390. The number of carbonyl (C=O) groups is 2. The van der Waals surface area contributed by atoms with Crippen molar-refractivity contribution in [2.75, 3.05) is 7.11 Å². The molecule has 0 saturated carbocycles. The summed E-state index contributed by atoms with van der Waals surface area (Å²) >= 11 is 0. The van der Waals surface area contributed by atoms with Gasteiger partial charge in [0.25, 0.3) is 0 Å². The molecule has 1 N–H and O–H groups in total. The summed E-state index contributed by atoms with van der Waals surface area (Å²) in [7, 11) is 1.33. The van der Waals surface area contributed by atoms with Gasteiger partial charge in [0.1, 0.15) is 18.0 Å². The van der Waals surface area contributed by atoms with Crippen LogP contribution in [0.25, 0.3) is 21.9 Å². The molecule has 0 aliphatic rings. The van der Waals surface area contributed by atoms with Crippen molar-refractivity contribution >= 4 is 22.8 Å². The van der Waals surface area contributed by atoms with Gasteiger partial charge in [0, 0.05) is 5.39 Å². The molecule has 1 amide bonds. The summed E-state index contributed by atoms with van der Waals surface area (Å²) in [5, 5.41) is 4.90. The number of carbonyl (C=O) groups excluding carboxylic acids is 2. The number of fused-ring (bicyclic) bond motifs is 1. The molecule has 0 aromatic heterocycles. The van der Waals surface area contributed by atoms with Crippen LogP contribution >= 0.6 is 0 Å². The van der Waals surface area contributed by atoms with Gasteiger partial charge in [-0.15, -0.1) is 0 Å². The van der Waals surface area contributed by atoms with Gasteiger partial charge >= 0.3 is 12.1 Å². The lowest BCUT2D eigenvalue weighted by Gasteiger charge is -2.23. The topological polar surface area (TPSA) is 73.9 Å². The van der Waals surface area contributed by atoms with E-state index in [1.165, 1.54) is 7.11 Å². The second-order valence-electron chi connectivity index (χ2n) is 10.0. The van der Waals surface area contributed by atoms with Crippen LogP contribution in [-0.2, 0) is 20.9 Å². The highest BCUT2D eigenvalue weighted by Crippen LogP contribution is 2.35. The summed E-state index contributed by atoms with van der Waals surface area (Å²) in [4.78, 5) is 24.5. The van der Waals surface area contributed by atoms with Crippen molar-refractivity contribution in [3.63, 3.8) is 0 Å². The van der Waals surface area contributed by atoms with E-state index in [1.807, 2.05) is 72.8 Å². The van der Waals surface area contributed by atoms with Crippen molar-refractivity contribution in [2.45, 2.75) is 45.4 Å². The zero-order chi connectivity index (χ0) is 27.1. The highest BCUT2D eigenvalue weighted by Gasteiger charge is 2.23. The van der Waals surface area contributed by atoms with Gasteiger partial charge in [0.2, 0.25) is 0 Å². The van der Waals surface area contributed by atoms with E-state index >= 15 is 0 Å². The number of methoxy groups -OCH3 is 1. The van der Waals surface area contributed by atoms with E-state index in [-0.39, 0.29) is 6.42 Å². The van der Waals surface area contributed by atoms with Crippen molar-refractivity contribution in [2.24, 2.45) is 0 Å². The first kappa shape index (κ1) is 26.7. The summed E-state index contributed by atoms with van der Waals surface area (Å²) in [6, 6.07) is 29.5. The predicted molar refractivity (Wildman–Crippen MR) is 149 cm³/mol. The minimum atomic E-state index is -0.651. The van der Waals surface area contributed by atoms with Crippen molar-refractivity contribution in [3.8, 4) is 16.9 Å². The second kappa shape index (κ2) is 11.8. The monoisotopic (exact) mass is 511 g/mol. The van der Waals surface area contributed by atoms with Crippen molar-refractivity contribution < 1.29 is 23.8 Å². The minimum absolute atomic E-state index is 0.00846. The lowest BCUT2D eigenvalue weighted by molar-refractivity contribution is -0.141. The summed E-state index contributed by atoms with van der Waals surface area (Å²) < 4.78 is 16.4. The van der Waals surface area contributed by atoms with Gasteiger partial charge in [0.05, 0.1) is 19.6 Å². The fourth-order valence-corrected chi connectivity index (χ4v) is 4.23. The maximum atomic E-state index is 12.4. The first-order valence-corrected chi connectivity index (χ1v) is 12.6. The number of ether oxygens (including phenoxy) is 3. The van der Waals surface area contributed by atoms with Crippen LogP contribution in [0, 0.1) is 0 Å². The highest BCUT2D eigenvalue weighted by molar-refractivity contribution is 6.00. The number of rotatable bonds is 8. The van der Waals surface area contributed by atoms with Gasteiger partial charge in [-0.3, -0.25) is 4.79 Å². The Morgan fingerprint density at radius 1 is 0.816 bits per heavy atom. The molecule has 0 spiro atoms. The molecule has 38 heavy (non-hydrogen) atoms. The number of hydrogen-bond acceptors (Lipinski definition) is 5. The summed E-state index contributed by atoms with van der Waals surface area (Å²) in [5.41, 5.74) is 3.30. The number of hydrogen-bond donors (Lipinski definition) is 1. The maximum Gasteiger partial charge on any atom is 0.408 e. The maximum absolute atomic E-state index is 12.4. The third-order valence-corrected chi connectivity index (χ3v) is 6.03. The third kappa shape index (κ3) is 6.91. The summed E-state index contributed by atoms with van der Waals surface area (Å²) in [6.45, 7) is 5.86. The molecule has 6 heteroatoms. The molecule has 1 atom stereocenters. The molecule has 0 saturated heterocycles. The third-order valence-electron chi connectivity index (χ3n) is 6.03. The molecular formula is C32H33NO5. The number of esters is 1. The second-order valence-corrected chi connectivity index (χ2v) is 10.0. The van der Waals surface area contributed by atoms with E-state index in [0.717, 1.165) is 38.8 Å². The average Bonchev–Trinajstić information content (AvgIpc) is 2.91. The van der Waals surface area contributed by atoms with Gasteiger partial charge in [-0.25, -0.2) is 4.79 Å². The first-order valence-electron chi connectivity index (χ1n) is 12.6. The quantitative estimate of drug-likeness (QED) is 0.253. The molecule has 1 unspecified atom stereocenters. The van der Waals surface area contributed by atoms with Crippen molar-refractivity contribution in [3.05, 3.63) is 102 Å². The van der Waals surface area contributed by atoms with Crippen LogP contribution in [0.5, 0.6) is 5.75 Å². The molecule has 4 aromatic carbocycles. The molecule has 4 rings (SSSR count). The molecular weight excluding hydrogens is 478 g/mol. The molecule has 6 nitrogen and oxygen atoms in total. The lowest BCUT2D eigenvalue weighted by Crippen LogP contribution is -2.35. The van der Waals surface area contributed by atoms with E-state index in [4.69, 9.17) is 14.2 Å². The zero-order valence-corrected chi connectivity index (χ0v) is 22.2. The Morgan fingerprint density at radius 2 is 1.47 bits per heavy atom. The van der Waals surface area contributed by atoms with Crippen LogP contribution in [0.1, 0.15) is 44.4 Å². The Labute approximate surface area is 223 Å². The molecule has 0 heterocycles. The minimum Gasteiger partial charge on any atom is -0.488 e. The number of benzene rings is 4. The Kier molecular flexibility index (Phi) is 8.31. The molecule has 196 valence electrons.